The zero-order chi connectivity index (χ0) is 17.6. The van der Waals surface area contributed by atoms with Gasteiger partial charge in [-0.05, 0) is 43.5 Å². The highest BCUT2D eigenvalue weighted by Crippen LogP contribution is 2.13. The van der Waals surface area contributed by atoms with Gasteiger partial charge < -0.3 is 10.6 Å². The van der Waals surface area contributed by atoms with Crippen molar-refractivity contribution in [3.05, 3.63) is 35.4 Å². The summed E-state index contributed by atoms with van der Waals surface area (Å²) in [4.78, 5) is 14.0. The van der Waals surface area contributed by atoms with Crippen molar-refractivity contribution in [2.24, 2.45) is 5.73 Å². The second-order valence-electron chi connectivity index (χ2n) is 6.79. The van der Waals surface area contributed by atoms with Crippen LogP contribution in [0.1, 0.15) is 80.6 Å². The number of hydrogen-bond donors (Lipinski definition) is 1. The van der Waals surface area contributed by atoms with E-state index in [1.165, 1.54) is 56.9 Å². The molecule has 0 fully saturated rings. The van der Waals surface area contributed by atoms with Crippen LogP contribution in [0.15, 0.2) is 24.3 Å². The lowest BCUT2D eigenvalue weighted by Gasteiger charge is -2.16. The third-order valence-electron chi connectivity index (χ3n) is 4.56. The Morgan fingerprint density at radius 3 is 2.08 bits per heavy atom. The Kier molecular flexibility index (Phi) is 11.2. The number of carbonyl (C=O) groups is 1. The Morgan fingerprint density at radius 1 is 0.917 bits per heavy atom. The van der Waals surface area contributed by atoms with Gasteiger partial charge in [-0.15, -0.1) is 0 Å². The first-order chi connectivity index (χ1) is 11.7. The Bertz CT molecular complexity index is 442. The average molecular weight is 333 g/mol. The molecule has 24 heavy (non-hydrogen) atoms. The van der Waals surface area contributed by atoms with Crippen molar-refractivity contribution in [2.45, 2.75) is 71.1 Å². The lowest BCUT2D eigenvalue weighted by Crippen LogP contribution is -2.28. The summed E-state index contributed by atoms with van der Waals surface area (Å²) in [5, 5.41) is 0. The lowest BCUT2D eigenvalue weighted by molar-refractivity contribution is 0.0794. The summed E-state index contributed by atoms with van der Waals surface area (Å²) >= 11 is 0. The number of nitrogens with two attached hydrogens (primary N) is 1. The Morgan fingerprint density at radius 2 is 1.50 bits per heavy atom. The highest BCUT2D eigenvalue weighted by atomic mass is 16.2. The minimum absolute atomic E-state index is 0.0853. The van der Waals surface area contributed by atoms with Crippen molar-refractivity contribution < 1.29 is 4.79 Å². The molecule has 0 aliphatic heterocycles. The van der Waals surface area contributed by atoms with Gasteiger partial charge in [0, 0.05) is 19.2 Å². The van der Waals surface area contributed by atoms with E-state index in [-0.39, 0.29) is 5.91 Å². The highest BCUT2D eigenvalue weighted by molar-refractivity contribution is 5.94. The number of nitrogens with zero attached hydrogens (tertiary/aromatic N) is 1. The number of unbranched alkanes of at least 4 members (excludes halogenated alkanes) is 7. The van der Waals surface area contributed by atoms with Gasteiger partial charge in [-0.25, -0.2) is 0 Å². The Labute approximate surface area is 148 Å². The molecular weight excluding hydrogens is 296 g/mol. The van der Waals surface area contributed by atoms with E-state index in [1.807, 2.05) is 19.2 Å². The summed E-state index contributed by atoms with van der Waals surface area (Å²) < 4.78 is 0. The number of aryl methyl sites for hydroxylation is 1. The summed E-state index contributed by atoms with van der Waals surface area (Å²) in [7, 11) is 1.84. The largest absolute Gasteiger partial charge is 0.342 e. The zero-order valence-electron chi connectivity index (χ0n) is 15.7. The lowest BCUT2D eigenvalue weighted by atomic mass is 10.0. The van der Waals surface area contributed by atoms with Crippen LogP contribution >= 0.6 is 0 Å². The molecule has 0 bridgehead atoms. The topological polar surface area (TPSA) is 46.3 Å². The van der Waals surface area contributed by atoms with Crippen molar-refractivity contribution in [1.82, 2.24) is 4.90 Å². The van der Waals surface area contributed by atoms with E-state index >= 15 is 0 Å². The Hall–Kier alpha value is -1.35. The van der Waals surface area contributed by atoms with Crippen LogP contribution in [-0.2, 0) is 6.42 Å². The molecule has 0 aromatic heterocycles. The molecule has 136 valence electrons. The summed E-state index contributed by atoms with van der Waals surface area (Å²) in [5.74, 6) is 0.0853. The highest BCUT2D eigenvalue weighted by Gasteiger charge is 2.10. The smallest absolute Gasteiger partial charge is 0.253 e. The van der Waals surface area contributed by atoms with Crippen molar-refractivity contribution in [3.8, 4) is 0 Å². The molecule has 0 saturated heterocycles. The van der Waals surface area contributed by atoms with Gasteiger partial charge in [0.05, 0.1) is 0 Å². The first-order valence-corrected chi connectivity index (χ1v) is 9.73. The van der Waals surface area contributed by atoms with Crippen LogP contribution in [0.4, 0.5) is 0 Å². The zero-order valence-corrected chi connectivity index (χ0v) is 15.7. The van der Waals surface area contributed by atoms with Gasteiger partial charge in [0.15, 0.2) is 0 Å². The third-order valence-corrected chi connectivity index (χ3v) is 4.56. The van der Waals surface area contributed by atoms with Crippen molar-refractivity contribution >= 4 is 5.91 Å². The van der Waals surface area contributed by atoms with Crippen LogP contribution in [0.2, 0.25) is 0 Å². The summed E-state index contributed by atoms with van der Waals surface area (Å²) in [6.07, 6.45) is 12.7. The second-order valence-corrected chi connectivity index (χ2v) is 6.79. The van der Waals surface area contributed by atoms with Gasteiger partial charge in [-0.2, -0.15) is 0 Å². The molecule has 1 aromatic rings. The molecule has 0 aliphatic carbocycles. The fraction of sp³-hybridized carbons (Fsp3) is 0.667. The number of amides is 1. The predicted octanol–water partition coefficient (Wildman–Crippen LogP) is 4.79. The van der Waals surface area contributed by atoms with E-state index in [2.05, 4.69) is 19.1 Å². The molecule has 0 aliphatic rings. The van der Waals surface area contributed by atoms with Crippen LogP contribution in [0.5, 0.6) is 0 Å². The molecule has 1 aromatic carbocycles. The van der Waals surface area contributed by atoms with E-state index in [4.69, 9.17) is 5.73 Å². The summed E-state index contributed by atoms with van der Waals surface area (Å²) in [6, 6.07) is 8.12. The molecule has 0 radical (unpaired) electrons. The molecule has 0 unspecified atom stereocenters. The van der Waals surface area contributed by atoms with Gasteiger partial charge in [0.25, 0.3) is 5.91 Å². The van der Waals surface area contributed by atoms with Crippen molar-refractivity contribution in [2.75, 3.05) is 20.1 Å². The van der Waals surface area contributed by atoms with Crippen molar-refractivity contribution in [1.29, 1.82) is 0 Å². The minimum Gasteiger partial charge on any atom is -0.342 e. The van der Waals surface area contributed by atoms with Crippen molar-refractivity contribution in [3.63, 3.8) is 0 Å². The monoisotopic (exact) mass is 332 g/mol. The molecule has 3 heteroatoms. The number of rotatable bonds is 13. The summed E-state index contributed by atoms with van der Waals surface area (Å²) in [5.41, 5.74) is 7.60. The second kappa shape index (κ2) is 13.0. The van der Waals surface area contributed by atoms with Crippen LogP contribution < -0.4 is 5.73 Å². The van der Waals surface area contributed by atoms with Crippen LogP contribution in [0, 0.1) is 0 Å². The van der Waals surface area contributed by atoms with Gasteiger partial charge in [0.2, 0.25) is 0 Å². The van der Waals surface area contributed by atoms with E-state index in [9.17, 15) is 4.79 Å². The summed E-state index contributed by atoms with van der Waals surface area (Å²) in [6.45, 7) is 3.60. The van der Waals surface area contributed by atoms with Gasteiger partial charge in [-0.3, -0.25) is 4.79 Å². The first kappa shape index (κ1) is 20.7. The molecule has 0 atom stereocenters. The third kappa shape index (κ3) is 8.49. The number of hydrogen-bond acceptors (Lipinski definition) is 2. The first-order valence-electron chi connectivity index (χ1n) is 9.73. The fourth-order valence-corrected chi connectivity index (χ4v) is 2.93. The predicted molar refractivity (Wildman–Crippen MR) is 103 cm³/mol. The van der Waals surface area contributed by atoms with E-state index in [0.717, 1.165) is 24.9 Å². The molecule has 1 rings (SSSR count). The molecule has 2 N–H and O–H groups in total. The maximum absolute atomic E-state index is 12.3. The van der Waals surface area contributed by atoms with Gasteiger partial charge in [-0.1, -0.05) is 64.0 Å². The molecular formula is C21H36N2O. The van der Waals surface area contributed by atoms with Gasteiger partial charge in [0.1, 0.15) is 0 Å². The molecule has 0 spiro atoms. The number of benzene rings is 1. The molecule has 0 saturated carbocycles. The standard InChI is InChI=1S/C21H36N2O/c1-3-4-5-6-7-8-9-10-12-19-13-15-20(16-14-19)21(24)23(2)18-11-17-22/h13-16H,3-12,17-18,22H2,1-2H3. The van der Waals surface area contributed by atoms with Crippen LogP contribution in [-0.4, -0.2) is 30.9 Å². The minimum atomic E-state index is 0.0853. The normalized spacial score (nSPS) is 10.8. The quantitative estimate of drug-likeness (QED) is 0.528. The molecule has 3 nitrogen and oxygen atoms in total. The maximum Gasteiger partial charge on any atom is 0.253 e. The van der Waals surface area contributed by atoms with E-state index in [0.29, 0.717) is 6.54 Å². The number of carbonyl (C=O) groups excluding carboxylic acids is 1. The molecule has 0 heterocycles. The van der Waals surface area contributed by atoms with E-state index in [1.54, 1.807) is 4.90 Å². The maximum atomic E-state index is 12.3. The SMILES string of the molecule is CCCCCCCCCCc1ccc(C(=O)N(C)CCCN)cc1. The molecule has 1 amide bonds. The Balaban J connectivity index is 2.23. The fourth-order valence-electron chi connectivity index (χ4n) is 2.93. The van der Waals surface area contributed by atoms with Crippen LogP contribution in [0.25, 0.3) is 0 Å². The van der Waals surface area contributed by atoms with Crippen LogP contribution in [0.3, 0.4) is 0 Å². The van der Waals surface area contributed by atoms with E-state index < -0.39 is 0 Å². The van der Waals surface area contributed by atoms with Gasteiger partial charge >= 0.3 is 0 Å². The average Bonchev–Trinajstić information content (AvgIpc) is 2.61.